The molecule has 0 unspecified atom stereocenters. The number of para-hydroxylation sites is 1. The molecule has 132 valence electrons. The van der Waals surface area contributed by atoms with Crippen LogP contribution in [0.25, 0.3) is 6.08 Å². The minimum atomic E-state index is -0.655. The summed E-state index contributed by atoms with van der Waals surface area (Å²) >= 11 is 6.58. The summed E-state index contributed by atoms with van der Waals surface area (Å²) in [5.74, 6) is -1.28. The first kappa shape index (κ1) is 18.1. The van der Waals surface area contributed by atoms with Crippen molar-refractivity contribution in [3.8, 4) is 0 Å². The van der Waals surface area contributed by atoms with Gasteiger partial charge in [0.15, 0.2) is 0 Å². The van der Waals surface area contributed by atoms with Crippen LogP contribution in [0.4, 0.5) is 14.9 Å². The number of imide groups is 1. The summed E-state index contributed by atoms with van der Waals surface area (Å²) < 4.78 is 13.9. The Hall–Kier alpha value is -2.71. The molecule has 2 aromatic carbocycles. The third-order valence-corrected chi connectivity index (χ3v) is 4.93. The van der Waals surface area contributed by atoms with E-state index in [1.54, 1.807) is 6.07 Å². The van der Waals surface area contributed by atoms with Crippen molar-refractivity contribution in [2.45, 2.75) is 6.54 Å². The van der Waals surface area contributed by atoms with E-state index in [9.17, 15) is 24.1 Å². The first-order chi connectivity index (χ1) is 12.4. The fraction of sp³-hybridized carbons (Fsp3) is 0.0588. The van der Waals surface area contributed by atoms with Crippen LogP contribution in [-0.2, 0) is 11.3 Å². The van der Waals surface area contributed by atoms with Crippen LogP contribution in [0.2, 0.25) is 5.02 Å². The number of carbonyl (C=O) groups excluding carboxylic acids is 2. The molecular formula is C17H10ClFN2O4S. The average molecular weight is 393 g/mol. The number of hydrogen-bond donors (Lipinski definition) is 0. The number of nitro groups is 1. The van der Waals surface area contributed by atoms with Crippen molar-refractivity contribution in [3.05, 3.63) is 79.5 Å². The molecule has 2 aromatic rings. The predicted octanol–water partition coefficient (Wildman–Crippen LogP) is 4.62. The van der Waals surface area contributed by atoms with Crippen LogP contribution < -0.4 is 0 Å². The Morgan fingerprint density at radius 3 is 2.62 bits per heavy atom. The lowest BCUT2D eigenvalue weighted by Crippen LogP contribution is -2.28. The summed E-state index contributed by atoms with van der Waals surface area (Å²) in [4.78, 5) is 36.0. The molecule has 0 saturated carbocycles. The van der Waals surface area contributed by atoms with Crippen molar-refractivity contribution in [2.24, 2.45) is 0 Å². The van der Waals surface area contributed by atoms with E-state index in [-0.39, 0.29) is 33.3 Å². The molecule has 26 heavy (non-hydrogen) atoms. The number of thioether (sulfide) groups is 1. The molecule has 1 heterocycles. The van der Waals surface area contributed by atoms with Crippen LogP contribution >= 0.6 is 23.4 Å². The van der Waals surface area contributed by atoms with E-state index < -0.39 is 21.9 Å². The molecule has 6 nitrogen and oxygen atoms in total. The molecular weight excluding hydrogens is 383 g/mol. The quantitative estimate of drug-likeness (QED) is 0.430. The molecule has 0 bridgehead atoms. The molecule has 0 atom stereocenters. The standard InChI is InChI=1S/C17H10ClFN2O4S/c18-12-5-3-6-13(19)11(12)9-20-16(22)15(26-17(20)23)8-10-4-1-2-7-14(10)21(24)25/h1-8H,9H2/b15-8-. The molecule has 9 heteroatoms. The van der Waals surface area contributed by atoms with Crippen molar-refractivity contribution in [2.75, 3.05) is 0 Å². The van der Waals surface area contributed by atoms with Gasteiger partial charge in [-0.05, 0) is 36.0 Å². The monoisotopic (exact) mass is 392 g/mol. The fourth-order valence-corrected chi connectivity index (χ4v) is 3.45. The van der Waals surface area contributed by atoms with Crippen LogP contribution in [0.15, 0.2) is 47.4 Å². The molecule has 1 aliphatic heterocycles. The molecule has 1 saturated heterocycles. The van der Waals surface area contributed by atoms with E-state index >= 15 is 0 Å². The van der Waals surface area contributed by atoms with Gasteiger partial charge in [0, 0.05) is 16.7 Å². The van der Waals surface area contributed by atoms with Gasteiger partial charge in [0.2, 0.25) is 0 Å². The number of nitro benzene ring substituents is 1. The van der Waals surface area contributed by atoms with Gasteiger partial charge in [-0.3, -0.25) is 24.6 Å². The highest BCUT2D eigenvalue weighted by Gasteiger charge is 2.36. The van der Waals surface area contributed by atoms with Gasteiger partial charge in [-0.25, -0.2) is 4.39 Å². The predicted molar refractivity (Wildman–Crippen MR) is 96.0 cm³/mol. The van der Waals surface area contributed by atoms with E-state index in [0.717, 1.165) is 4.90 Å². The normalized spacial score (nSPS) is 15.8. The van der Waals surface area contributed by atoms with Gasteiger partial charge in [-0.2, -0.15) is 0 Å². The van der Waals surface area contributed by atoms with Crippen molar-refractivity contribution < 1.29 is 18.9 Å². The molecule has 0 N–H and O–H groups in total. The van der Waals surface area contributed by atoms with E-state index in [0.29, 0.717) is 11.8 Å². The molecule has 1 fully saturated rings. The Morgan fingerprint density at radius 1 is 1.19 bits per heavy atom. The molecule has 0 aliphatic carbocycles. The highest BCUT2D eigenvalue weighted by atomic mass is 35.5. The topological polar surface area (TPSA) is 80.5 Å². The molecule has 0 spiro atoms. The Bertz CT molecular complexity index is 943. The van der Waals surface area contributed by atoms with E-state index in [4.69, 9.17) is 11.6 Å². The lowest BCUT2D eigenvalue weighted by molar-refractivity contribution is -0.385. The van der Waals surface area contributed by atoms with Crippen LogP contribution in [0, 0.1) is 15.9 Å². The number of nitrogens with zero attached hydrogens (tertiary/aromatic N) is 2. The van der Waals surface area contributed by atoms with Gasteiger partial charge in [0.25, 0.3) is 16.8 Å². The lowest BCUT2D eigenvalue weighted by atomic mass is 10.1. The van der Waals surface area contributed by atoms with Gasteiger partial charge in [-0.15, -0.1) is 0 Å². The van der Waals surface area contributed by atoms with Crippen LogP contribution in [0.1, 0.15) is 11.1 Å². The lowest BCUT2D eigenvalue weighted by Gasteiger charge is -2.14. The molecule has 1 aliphatic rings. The summed E-state index contributed by atoms with van der Waals surface area (Å²) in [6.45, 7) is -0.315. The molecule has 2 amide bonds. The number of rotatable bonds is 4. The highest BCUT2D eigenvalue weighted by molar-refractivity contribution is 8.18. The third kappa shape index (κ3) is 3.47. The van der Waals surface area contributed by atoms with Crippen LogP contribution in [0.3, 0.4) is 0 Å². The summed E-state index contributed by atoms with van der Waals surface area (Å²) in [5, 5.41) is 10.6. The van der Waals surface area contributed by atoms with Crippen LogP contribution in [0.5, 0.6) is 0 Å². The van der Waals surface area contributed by atoms with Crippen molar-refractivity contribution in [1.29, 1.82) is 0 Å². The number of benzene rings is 2. The zero-order chi connectivity index (χ0) is 18.8. The Labute approximate surface area is 156 Å². The maximum Gasteiger partial charge on any atom is 0.293 e. The molecule has 3 rings (SSSR count). The maximum atomic E-state index is 13.9. The second-order valence-electron chi connectivity index (χ2n) is 5.28. The summed E-state index contributed by atoms with van der Waals surface area (Å²) in [6, 6.07) is 9.92. The number of hydrogen-bond acceptors (Lipinski definition) is 5. The first-order valence-corrected chi connectivity index (χ1v) is 8.49. The average Bonchev–Trinajstić information content (AvgIpc) is 2.85. The van der Waals surface area contributed by atoms with Gasteiger partial charge in [0.05, 0.1) is 21.9 Å². The van der Waals surface area contributed by atoms with Gasteiger partial charge in [0.1, 0.15) is 5.82 Å². The SMILES string of the molecule is O=C1S/C(=C\c2ccccc2[N+](=O)[O-])C(=O)N1Cc1c(F)cccc1Cl. The second kappa shape index (κ2) is 7.27. The largest absolute Gasteiger partial charge is 0.293 e. The third-order valence-electron chi connectivity index (χ3n) is 3.67. The first-order valence-electron chi connectivity index (χ1n) is 7.30. The van der Waals surface area contributed by atoms with Crippen molar-refractivity contribution in [1.82, 2.24) is 4.90 Å². The number of carbonyl (C=O) groups is 2. The fourth-order valence-electron chi connectivity index (χ4n) is 2.39. The number of halogens is 2. The minimum Gasteiger partial charge on any atom is -0.268 e. The van der Waals surface area contributed by atoms with Gasteiger partial charge >= 0.3 is 0 Å². The Morgan fingerprint density at radius 2 is 1.92 bits per heavy atom. The summed E-state index contributed by atoms with van der Waals surface area (Å²) in [7, 11) is 0. The highest BCUT2D eigenvalue weighted by Crippen LogP contribution is 2.35. The van der Waals surface area contributed by atoms with E-state index in [1.165, 1.54) is 42.5 Å². The Balaban J connectivity index is 1.91. The second-order valence-corrected chi connectivity index (χ2v) is 6.68. The minimum absolute atomic E-state index is 0.0248. The maximum absolute atomic E-state index is 13.9. The zero-order valence-electron chi connectivity index (χ0n) is 13.0. The van der Waals surface area contributed by atoms with E-state index in [1.807, 2.05) is 0 Å². The Kier molecular flexibility index (Phi) is 5.06. The van der Waals surface area contributed by atoms with Gasteiger partial charge < -0.3 is 0 Å². The summed E-state index contributed by atoms with van der Waals surface area (Å²) in [5.41, 5.74) is 0.0479. The summed E-state index contributed by atoms with van der Waals surface area (Å²) in [6.07, 6.45) is 1.28. The molecule has 0 radical (unpaired) electrons. The smallest absolute Gasteiger partial charge is 0.268 e. The van der Waals surface area contributed by atoms with Gasteiger partial charge in [-0.1, -0.05) is 29.8 Å². The van der Waals surface area contributed by atoms with E-state index in [2.05, 4.69) is 0 Å². The molecule has 0 aromatic heterocycles. The number of amides is 2. The zero-order valence-corrected chi connectivity index (χ0v) is 14.6. The van der Waals surface area contributed by atoms with Crippen molar-refractivity contribution in [3.63, 3.8) is 0 Å². The van der Waals surface area contributed by atoms with Crippen LogP contribution in [-0.4, -0.2) is 21.0 Å². The van der Waals surface area contributed by atoms with Crippen molar-refractivity contribution >= 4 is 46.3 Å².